The third-order valence-corrected chi connectivity index (χ3v) is 3.08. The SMILES string of the molecule is Nc1ncn(-c2ccccc2)c1C(=O)c1ccccc1. The van der Waals surface area contributed by atoms with Crippen molar-refractivity contribution in [2.75, 3.05) is 5.73 Å². The quantitative estimate of drug-likeness (QED) is 0.739. The summed E-state index contributed by atoms with van der Waals surface area (Å²) in [5.41, 5.74) is 7.71. The van der Waals surface area contributed by atoms with Gasteiger partial charge in [-0.05, 0) is 12.1 Å². The minimum absolute atomic E-state index is 0.135. The molecule has 3 rings (SSSR count). The molecule has 0 unspecified atom stereocenters. The van der Waals surface area contributed by atoms with E-state index >= 15 is 0 Å². The predicted octanol–water partition coefficient (Wildman–Crippen LogP) is 2.69. The van der Waals surface area contributed by atoms with Crippen molar-refractivity contribution < 1.29 is 4.79 Å². The van der Waals surface area contributed by atoms with Gasteiger partial charge in [0.1, 0.15) is 12.0 Å². The number of benzene rings is 2. The number of aromatic nitrogens is 2. The van der Waals surface area contributed by atoms with E-state index in [9.17, 15) is 4.79 Å². The summed E-state index contributed by atoms with van der Waals surface area (Å²) in [6.45, 7) is 0. The third-order valence-electron chi connectivity index (χ3n) is 3.08. The first-order valence-electron chi connectivity index (χ1n) is 6.25. The van der Waals surface area contributed by atoms with Gasteiger partial charge in [0.05, 0.1) is 0 Å². The summed E-state index contributed by atoms with van der Waals surface area (Å²) in [6.07, 6.45) is 1.57. The lowest BCUT2D eigenvalue weighted by Crippen LogP contribution is -2.10. The van der Waals surface area contributed by atoms with E-state index in [1.54, 1.807) is 23.0 Å². The van der Waals surface area contributed by atoms with Crippen LogP contribution in [0.1, 0.15) is 16.1 Å². The number of carbonyl (C=O) groups excluding carboxylic acids is 1. The second-order valence-electron chi connectivity index (χ2n) is 4.38. The van der Waals surface area contributed by atoms with Crippen molar-refractivity contribution in [2.24, 2.45) is 0 Å². The van der Waals surface area contributed by atoms with Crippen molar-refractivity contribution in [1.82, 2.24) is 9.55 Å². The van der Waals surface area contributed by atoms with Crippen molar-refractivity contribution >= 4 is 11.6 Å². The van der Waals surface area contributed by atoms with Crippen LogP contribution in [0.5, 0.6) is 0 Å². The Morgan fingerprint density at radius 3 is 2.20 bits per heavy atom. The zero-order chi connectivity index (χ0) is 13.9. The third kappa shape index (κ3) is 2.07. The molecule has 4 nitrogen and oxygen atoms in total. The summed E-state index contributed by atoms with van der Waals surface area (Å²) in [5.74, 6) is 0.104. The number of imidazole rings is 1. The summed E-state index contributed by atoms with van der Waals surface area (Å²) >= 11 is 0. The normalized spacial score (nSPS) is 10.4. The molecule has 0 saturated heterocycles. The number of hydrogen-bond acceptors (Lipinski definition) is 3. The standard InChI is InChI=1S/C16H13N3O/c17-16-14(15(20)12-7-3-1-4-8-12)19(11-18-16)13-9-5-2-6-10-13/h1-11H,17H2. The fourth-order valence-corrected chi connectivity index (χ4v) is 2.10. The molecule has 0 spiro atoms. The molecule has 0 aliphatic heterocycles. The largest absolute Gasteiger partial charge is 0.382 e. The minimum atomic E-state index is -0.135. The number of nitrogen functional groups attached to an aromatic ring is 1. The lowest BCUT2D eigenvalue weighted by atomic mass is 10.1. The molecule has 0 aliphatic carbocycles. The molecule has 0 bridgehead atoms. The molecule has 0 amide bonds. The molecule has 1 heterocycles. The van der Waals surface area contributed by atoms with E-state index in [-0.39, 0.29) is 11.6 Å². The van der Waals surface area contributed by atoms with Gasteiger partial charge in [0, 0.05) is 11.3 Å². The second-order valence-corrected chi connectivity index (χ2v) is 4.38. The highest BCUT2D eigenvalue weighted by atomic mass is 16.1. The van der Waals surface area contributed by atoms with Gasteiger partial charge in [0.25, 0.3) is 0 Å². The zero-order valence-corrected chi connectivity index (χ0v) is 10.7. The number of anilines is 1. The van der Waals surface area contributed by atoms with Gasteiger partial charge in [-0.15, -0.1) is 0 Å². The van der Waals surface area contributed by atoms with Crippen LogP contribution in [0.2, 0.25) is 0 Å². The Hall–Kier alpha value is -2.88. The van der Waals surface area contributed by atoms with E-state index in [1.807, 2.05) is 48.5 Å². The number of rotatable bonds is 3. The smallest absolute Gasteiger partial charge is 0.213 e. The number of para-hydroxylation sites is 1. The van der Waals surface area contributed by atoms with Crippen molar-refractivity contribution in [3.63, 3.8) is 0 Å². The van der Waals surface area contributed by atoms with E-state index < -0.39 is 0 Å². The predicted molar refractivity (Wildman–Crippen MR) is 77.9 cm³/mol. The van der Waals surface area contributed by atoms with Crippen molar-refractivity contribution in [3.05, 3.63) is 78.2 Å². The van der Waals surface area contributed by atoms with E-state index in [0.29, 0.717) is 11.3 Å². The van der Waals surface area contributed by atoms with Crippen molar-refractivity contribution in [1.29, 1.82) is 0 Å². The molecular weight excluding hydrogens is 250 g/mol. The van der Waals surface area contributed by atoms with Crippen LogP contribution in [0, 0.1) is 0 Å². The Bertz CT molecular complexity index is 733. The van der Waals surface area contributed by atoms with Crippen LogP contribution in [0.3, 0.4) is 0 Å². The molecule has 0 aliphatic rings. The lowest BCUT2D eigenvalue weighted by molar-refractivity contribution is 0.103. The maximum absolute atomic E-state index is 12.6. The molecule has 98 valence electrons. The molecule has 1 aromatic heterocycles. The molecule has 0 fully saturated rings. The Morgan fingerprint density at radius 1 is 0.950 bits per heavy atom. The number of hydrogen-bond donors (Lipinski definition) is 1. The highest BCUT2D eigenvalue weighted by Crippen LogP contribution is 2.19. The minimum Gasteiger partial charge on any atom is -0.382 e. The average Bonchev–Trinajstić information content (AvgIpc) is 2.90. The summed E-state index contributed by atoms with van der Waals surface area (Å²) < 4.78 is 1.71. The average molecular weight is 263 g/mol. The van der Waals surface area contributed by atoms with E-state index in [1.165, 1.54) is 0 Å². The lowest BCUT2D eigenvalue weighted by Gasteiger charge is -2.08. The van der Waals surface area contributed by atoms with Crippen LogP contribution in [0.25, 0.3) is 5.69 Å². The molecule has 0 saturated carbocycles. The van der Waals surface area contributed by atoms with Crippen LogP contribution >= 0.6 is 0 Å². The summed E-state index contributed by atoms with van der Waals surface area (Å²) in [5, 5.41) is 0. The number of ketones is 1. The van der Waals surface area contributed by atoms with Crippen LogP contribution in [-0.4, -0.2) is 15.3 Å². The topological polar surface area (TPSA) is 60.9 Å². The van der Waals surface area contributed by atoms with Crippen molar-refractivity contribution in [3.8, 4) is 5.69 Å². The van der Waals surface area contributed by atoms with Crippen LogP contribution < -0.4 is 5.73 Å². The first-order chi connectivity index (χ1) is 9.77. The summed E-state index contributed by atoms with van der Waals surface area (Å²) in [6, 6.07) is 18.6. The van der Waals surface area contributed by atoms with Crippen molar-refractivity contribution in [2.45, 2.75) is 0 Å². The van der Waals surface area contributed by atoms with Gasteiger partial charge < -0.3 is 5.73 Å². The summed E-state index contributed by atoms with van der Waals surface area (Å²) in [7, 11) is 0. The van der Waals surface area contributed by atoms with Gasteiger partial charge in [-0.25, -0.2) is 4.98 Å². The second kappa shape index (κ2) is 5.01. The number of nitrogens with two attached hydrogens (primary N) is 1. The fraction of sp³-hybridized carbons (Fsp3) is 0. The molecule has 20 heavy (non-hydrogen) atoms. The van der Waals surface area contributed by atoms with Gasteiger partial charge >= 0.3 is 0 Å². The Kier molecular flexibility index (Phi) is 3.05. The van der Waals surface area contributed by atoms with Gasteiger partial charge in [-0.2, -0.15) is 0 Å². The Labute approximate surface area is 116 Å². The first-order valence-corrected chi connectivity index (χ1v) is 6.25. The first kappa shape index (κ1) is 12.2. The van der Waals surface area contributed by atoms with Crippen LogP contribution in [-0.2, 0) is 0 Å². The van der Waals surface area contributed by atoms with Crippen LogP contribution in [0.4, 0.5) is 5.82 Å². The molecule has 0 atom stereocenters. The van der Waals surface area contributed by atoms with Gasteiger partial charge in [0.2, 0.25) is 5.78 Å². The monoisotopic (exact) mass is 263 g/mol. The highest BCUT2D eigenvalue weighted by Gasteiger charge is 2.19. The number of carbonyl (C=O) groups is 1. The molecular formula is C16H13N3O. The Morgan fingerprint density at radius 2 is 1.55 bits per heavy atom. The van der Waals surface area contributed by atoms with E-state index in [2.05, 4.69) is 4.98 Å². The molecule has 2 aromatic carbocycles. The van der Waals surface area contributed by atoms with Gasteiger partial charge in [-0.1, -0.05) is 48.5 Å². The maximum atomic E-state index is 12.6. The molecule has 4 heteroatoms. The Balaban J connectivity index is 2.11. The number of nitrogens with zero attached hydrogens (tertiary/aromatic N) is 2. The summed E-state index contributed by atoms with van der Waals surface area (Å²) in [4.78, 5) is 16.6. The molecule has 0 radical (unpaired) electrons. The fourth-order valence-electron chi connectivity index (χ4n) is 2.10. The highest BCUT2D eigenvalue weighted by molar-refractivity contribution is 6.10. The maximum Gasteiger partial charge on any atom is 0.213 e. The van der Waals surface area contributed by atoms with Gasteiger partial charge in [-0.3, -0.25) is 9.36 Å². The van der Waals surface area contributed by atoms with Gasteiger partial charge in [0.15, 0.2) is 5.82 Å². The van der Waals surface area contributed by atoms with E-state index in [0.717, 1.165) is 5.69 Å². The van der Waals surface area contributed by atoms with Crippen LogP contribution in [0.15, 0.2) is 67.0 Å². The molecule has 3 aromatic rings. The molecule has 2 N–H and O–H groups in total. The zero-order valence-electron chi connectivity index (χ0n) is 10.7. The van der Waals surface area contributed by atoms with E-state index in [4.69, 9.17) is 5.73 Å².